The van der Waals surface area contributed by atoms with Crippen LogP contribution in [0.25, 0.3) is 0 Å². The molecule has 156 valence electrons. The van der Waals surface area contributed by atoms with Crippen molar-refractivity contribution in [2.24, 2.45) is 0 Å². The van der Waals surface area contributed by atoms with Crippen LogP contribution < -0.4 is 0 Å². The average Bonchev–Trinajstić information content (AvgIpc) is 3.38. The molecule has 0 bridgehead atoms. The van der Waals surface area contributed by atoms with Crippen LogP contribution in [0, 0.1) is 0 Å². The molecule has 0 radical (unpaired) electrons. The first-order chi connectivity index (χ1) is 13.8. The van der Waals surface area contributed by atoms with Gasteiger partial charge in [0.25, 0.3) is 0 Å². The van der Waals surface area contributed by atoms with Gasteiger partial charge in [0.05, 0.1) is 23.3 Å². The Bertz CT molecular complexity index is 986. The topological polar surface area (TPSA) is 85.2 Å². The van der Waals surface area contributed by atoms with E-state index >= 15 is 0 Å². The van der Waals surface area contributed by atoms with Crippen LogP contribution in [0.1, 0.15) is 43.5 Å². The first-order valence-corrected chi connectivity index (χ1v) is 12.6. The largest absolute Gasteiger partial charge is 0.341 e. The Morgan fingerprint density at radius 2 is 1.97 bits per heavy atom. The number of rotatable bonds is 7. The van der Waals surface area contributed by atoms with Crippen LogP contribution in [0.2, 0.25) is 0 Å². The maximum absolute atomic E-state index is 12.9. The van der Waals surface area contributed by atoms with Crippen molar-refractivity contribution in [2.75, 3.05) is 18.6 Å². The monoisotopic (exact) mass is 434 g/mol. The Morgan fingerprint density at radius 3 is 2.59 bits per heavy atom. The summed E-state index contributed by atoms with van der Waals surface area (Å²) in [7, 11) is -1.32. The fourth-order valence-corrected chi connectivity index (χ4v) is 6.43. The van der Waals surface area contributed by atoms with Crippen molar-refractivity contribution < 1.29 is 13.2 Å². The van der Waals surface area contributed by atoms with E-state index in [0.29, 0.717) is 18.9 Å². The fraction of sp³-hybridized carbons (Fsp3) is 0.550. The molecule has 2 fully saturated rings. The zero-order valence-corrected chi connectivity index (χ0v) is 18.3. The van der Waals surface area contributed by atoms with E-state index in [1.807, 2.05) is 25.1 Å². The molecular formula is C20H26N4O3S2. The molecule has 4 rings (SSSR count). The van der Waals surface area contributed by atoms with Gasteiger partial charge in [0.2, 0.25) is 5.91 Å². The molecule has 1 aromatic heterocycles. The van der Waals surface area contributed by atoms with E-state index in [0.717, 1.165) is 23.8 Å². The second kappa shape index (κ2) is 8.10. The molecule has 0 N–H and O–H groups in total. The number of amides is 1. The first-order valence-electron chi connectivity index (χ1n) is 9.95. The van der Waals surface area contributed by atoms with Crippen LogP contribution in [0.3, 0.4) is 0 Å². The maximum atomic E-state index is 12.9. The minimum absolute atomic E-state index is 0.0582. The van der Waals surface area contributed by atoms with Crippen LogP contribution >= 0.6 is 11.8 Å². The van der Waals surface area contributed by atoms with Gasteiger partial charge in [-0.1, -0.05) is 42.1 Å². The number of thioether (sulfide) groups is 1. The SMILES string of the molecule is CC(Sc1nnc(C2CC2)n1Cc1ccccc1)C(=O)N(C)C1CCS(=O)(=O)C1. The smallest absolute Gasteiger partial charge is 0.235 e. The molecular weight excluding hydrogens is 408 g/mol. The number of hydrogen-bond donors (Lipinski definition) is 0. The van der Waals surface area contributed by atoms with Crippen LogP contribution in [0.5, 0.6) is 0 Å². The van der Waals surface area contributed by atoms with E-state index in [4.69, 9.17) is 0 Å². The van der Waals surface area contributed by atoms with Gasteiger partial charge in [-0.15, -0.1) is 10.2 Å². The van der Waals surface area contributed by atoms with Crippen LogP contribution in [0.4, 0.5) is 0 Å². The van der Waals surface area contributed by atoms with Gasteiger partial charge in [0.1, 0.15) is 5.82 Å². The molecule has 2 aliphatic rings. The second-order valence-electron chi connectivity index (χ2n) is 7.95. The normalized spacial score (nSPS) is 21.8. The van der Waals surface area contributed by atoms with E-state index in [-0.39, 0.29) is 28.7 Å². The van der Waals surface area contributed by atoms with E-state index in [2.05, 4.69) is 26.9 Å². The molecule has 2 heterocycles. The van der Waals surface area contributed by atoms with E-state index in [1.54, 1.807) is 11.9 Å². The lowest BCUT2D eigenvalue weighted by Gasteiger charge is -2.26. The summed E-state index contributed by atoms with van der Waals surface area (Å²) in [5.41, 5.74) is 1.17. The Morgan fingerprint density at radius 1 is 1.24 bits per heavy atom. The highest BCUT2D eigenvalue weighted by Crippen LogP contribution is 2.40. The maximum Gasteiger partial charge on any atom is 0.235 e. The number of benzene rings is 1. The lowest BCUT2D eigenvalue weighted by atomic mass is 10.2. The second-order valence-corrected chi connectivity index (χ2v) is 11.5. The summed E-state index contributed by atoms with van der Waals surface area (Å²) < 4.78 is 25.6. The van der Waals surface area contributed by atoms with Crippen molar-refractivity contribution >= 4 is 27.5 Å². The van der Waals surface area contributed by atoms with Crippen molar-refractivity contribution in [1.29, 1.82) is 0 Å². The molecule has 9 heteroatoms. The van der Waals surface area contributed by atoms with E-state index in [9.17, 15) is 13.2 Å². The fourth-order valence-electron chi connectivity index (χ4n) is 3.70. The van der Waals surface area contributed by atoms with E-state index < -0.39 is 9.84 Å². The molecule has 29 heavy (non-hydrogen) atoms. The number of carbonyl (C=O) groups is 1. The average molecular weight is 435 g/mol. The van der Waals surface area contributed by atoms with Gasteiger partial charge in [0, 0.05) is 19.0 Å². The molecule has 1 aromatic carbocycles. The molecule has 1 saturated carbocycles. The Kier molecular flexibility index (Phi) is 5.70. The van der Waals surface area contributed by atoms with Gasteiger partial charge >= 0.3 is 0 Å². The highest BCUT2D eigenvalue weighted by molar-refractivity contribution is 8.00. The first kappa shape index (κ1) is 20.4. The lowest BCUT2D eigenvalue weighted by Crippen LogP contribution is -2.41. The summed E-state index contributed by atoms with van der Waals surface area (Å²) in [6, 6.07) is 9.94. The van der Waals surface area contributed by atoms with Gasteiger partial charge in [-0.05, 0) is 31.7 Å². The van der Waals surface area contributed by atoms with Gasteiger partial charge in [-0.25, -0.2) is 8.42 Å². The molecule has 2 aromatic rings. The Hall–Kier alpha value is -1.87. The van der Waals surface area contributed by atoms with Crippen molar-refractivity contribution in [3.63, 3.8) is 0 Å². The molecule has 1 aliphatic carbocycles. The highest BCUT2D eigenvalue weighted by Gasteiger charge is 2.35. The summed E-state index contributed by atoms with van der Waals surface area (Å²) >= 11 is 1.40. The zero-order valence-electron chi connectivity index (χ0n) is 16.7. The third-order valence-corrected chi connectivity index (χ3v) is 8.42. The summed E-state index contributed by atoms with van der Waals surface area (Å²) in [6.45, 7) is 2.53. The van der Waals surface area contributed by atoms with Gasteiger partial charge < -0.3 is 9.47 Å². The number of nitrogens with zero attached hydrogens (tertiary/aromatic N) is 4. The minimum atomic E-state index is -3.03. The van der Waals surface area contributed by atoms with Crippen LogP contribution in [0.15, 0.2) is 35.5 Å². The summed E-state index contributed by atoms with van der Waals surface area (Å²) in [5.74, 6) is 1.60. The van der Waals surface area contributed by atoms with Crippen molar-refractivity contribution in [2.45, 2.75) is 55.1 Å². The van der Waals surface area contributed by atoms with Crippen molar-refractivity contribution in [3.8, 4) is 0 Å². The summed E-state index contributed by atoms with van der Waals surface area (Å²) in [4.78, 5) is 14.5. The van der Waals surface area contributed by atoms with Crippen LogP contribution in [-0.2, 0) is 21.2 Å². The molecule has 1 aliphatic heterocycles. The van der Waals surface area contributed by atoms with E-state index in [1.165, 1.54) is 17.3 Å². The number of hydrogen-bond acceptors (Lipinski definition) is 6. The quantitative estimate of drug-likeness (QED) is 0.622. The molecule has 2 atom stereocenters. The minimum Gasteiger partial charge on any atom is -0.341 e. The van der Waals surface area contributed by atoms with Crippen molar-refractivity contribution in [3.05, 3.63) is 41.7 Å². The molecule has 2 unspecified atom stereocenters. The third kappa shape index (κ3) is 4.66. The molecule has 1 amide bonds. The third-order valence-electron chi connectivity index (χ3n) is 5.61. The molecule has 1 saturated heterocycles. The zero-order chi connectivity index (χ0) is 20.6. The molecule has 0 spiro atoms. The molecule has 7 nitrogen and oxygen atoms in total. The van der Waals surface area contributed by atoms with Crippen LogP contribution in [-0.4, -0.2) is 63.8 Å². The number of carbonyl (C=O) groups excluding carboxylic acids is 1. The summed E-state index contributed by atoms with van der Waals surface area (Å²) in [6.07, 6.45) is 2.77. The standard InChI is InChI=1S/C20H26N4O3S2/c1-14(19(25)23(2)17-10-11-29(26,27)13-17)28-20-22-21-18(16-8-9-16)24(20)12-15-6-4-3-5-7-15/h3-7,14,16-17H,8-13H2,1-2H3. The Labute approximate surface area is 175 Å². The number of aromatic nitrogens is 3. The van der Waals surface area contributed by atoms with Gasteiger partial charge in [0.15, 0.2) is 15.0 Å². The Balaban J connectivity index is 1.49. The lowest BCUT2D eigenvalue weighted by molar-refractivity contribution is -0.130. The highest BCUT2D eigenvalue weighted by atomic mass is 32.2. The predicted molar refractivity (Wildman–Crippen MR) is 113 cm³/mol. The van der Waals surface area contributed by atoms with Gasteiger partial charge in [-0.2, -0.15) is 0 Å². The predicted octanol–water partition coefficient (Wildman–Crippen LogP) is 2.33. The van der Waals surface area contributed by atoms with Crippen molar-refractivity contribution in [1.82, 2.24) is 19.7 Å². The van der Waals surface area contributed by atoms with Gasteiger partial charge in [-0.3, -0.25) is 4.79 Å². The summed E-state index contributed by atoms with van der Waals surface area (Å²) in [5, 5.41) is 9.17. The number of sulfone groups is 1.